The normalized spacial score (nSPS) is 19.4. The first-order chi connectivity index (χ1) is 10.4. The van der Waals surface area contributed by atoms with Crippen LogP contribution in [-0.4, -0.2) is 35.9 Å². The van der Waals surface area contributed by atoms with Gasteiger partial charge >= 0.3 is 6.03 Å². The molecule has 0 fully saturated rings. The molecule has 2 heterocycles. The van der Waals surface area contributed by atoms with E-state index in [2.05, 4.69) is 10.5 Å². The second-order valence-corrected chi connectivity index (χ2v) is 6.76. The van der Waals surface area contributed by atoms with Gasteiger partial charge in [-0.05, 0) is 17.3 Å². The van der Waals surface area contributed by atoms with E-state index in [1.165, 1.54) is 6.08 Å². The molecular weight excluding hydrogens is 310 g/mol. The van der Waals surface area contributed by atoms with Gasteiger partial charge in [-0.25, -0.2) is 17.8 Å². The summed E-state index contributed by atoms with van der Waals surface area (Å²) >= 11 is 0. The van der Waals surface area contributed by atoms with E-state index in [4.69, 9.17) is 0 Å². The predicted octanol–water partition coefficient (Wildman–Crippen LogP) is 1.61. The van der Waals surface area contributed by atoms with Crippen molar-refractivity contribution in [3.63, 3.8) is 0 Å². The number of hydrogen-bond acceptors (Lipinski definition) is 6. The number of carbonyl (C=O) groups is 1. The van der Waals surface area contributed by atoms with Crippen LogP contribution in [0, 0.1) is 4.91 Å². The smallest absolute Gasteiger partial charge is 0.329 e. The van der Waals surface area contributed by atoms with Gasteiger partial charge in [0, 0.05) is 10.8 Å². The van der Waals surface area contributed by atoms with Gasteiger partial charge in [0.1, 0.15) is 0 Å². The molecule has 3 rings (SSSR count). The zero-order valence-corrected chi connectivity index (χ0v) is 11.9. The van der Waals surface area contributed by atoms with E-state index in [9.17, 15) is 23.2 Å². The molecule has 1 aromatic heterocycles. The number of aromatic hydroxyl groups is 1. The van der Waals surface area contributed by atoms with Crippen LogP contribution >= 0.6 is 0 Å². The number of nitroso groups, excluding NO2 is 1. The fraction of sp³-hybridized carbons (Fsp3) is 0.154. The molecule has 114 valence electrons. The Bertz CT molecular complexity index is 913. The third-order valence-corrected chi connectivity index (χ3v) is 4.75. The highest BCUT2D eigenvalue weighted by molar-refractivity contribution is 7.94. The SMILES string of the molecule is O=Nc1c(O)n(C(=O)NC2C=CS(=O)(=O)C2)c2ccccc12. The topological polar surface area (TPSA) is 118 Å². The number of fused-ring (bicyclic) bond motifs is 1. The van der Waals surface area contributed by atoms with Crippen molar-refractivity contribution in [3.05, 3.63) is 40.7 Å². The van der Waals surface area contributed by atoms with Crippen molar-refractivity contribution >= 4 is 32.5 Å². The maximum atomic E-state index is 12.3. The Morgan fingerprint density at radius 3 is 2.73 bits per heavy atom. The lowest BCUT2D eigenvalue weighted by atomic mass is 10.2. The van der Waals surface area contributed by atoms with Gasteiger partial charge in [-0.1, -0.05) is 18.2 Å². The summed E-state index contributed by atoms with van der Waals surface area (Å²) in [7, 11) is -3.31. The van der Waals surface area contributed by atoms with Gasteiger partial charge in [-0.15, -0.1) is 4.91 Å². The molecule has 1 aromatic carbocycles. The highest BCUT2D eigenvalue weighted by Crippen LogP contribution is 2.38. The van der Waals surface area contributed by atoms with E-state index in [0.717, 1.165) is 9.98 Å². The van der Waals surface area contributed by atoms with Crippen LogP contribution in [0.15, 0.2) is 40.9 Å². The Morgan fingerprint density at radius 2 is 2.09 bits per heavy atom. The molecule has 1 aliphatic rings. The van der Waals surface area contributed by atoms with Crippen LogP contribution in [0.3, 0.4) is 0 Å². The number of nitrogens with one attached hydrogen (secondary N) is 1. The molecular formula is C13H11N3O5S. The minimum atomic E-state index is -3.31. The quantitative estimate of drug-likeness (QED) is 0.815. The Balaban J connectivity index is 2.00. The summed E-state index contributed by atoms with van der Waals surface area (Å²) in [4.78, 5) is 23.2. The summed E-state index contributed by atoms with van der Waals surface area (Å²) in [6, 6.07) is 4.95. The number of aromatic nitrogens is 1. The van der Waals surface area contributed by atoms with E-state index in [0.29, 0.717) is 10.9 Å². The maximum Gasteiger partial charge on any atom is 0.329 e. The molecule has 0 saturated carbocycles. The highest BCUT2D eigenvalue weighted by Gasteiger charge is 2.26. The Hall–Kier alpha value is -2.68. The molecule has 1 atom stereocenters. The summed E-state index contributed by atoms with van der Waals surface area (Å²) in [5.74, 6) is -0.823. The largest absolute Gasteiger partial charge is 0.492 e. The van der Waals surface area contributed by atoms with E-state index < -0.39 is 27.8 Å². The highest BCUT2D eigenvalue weighted by atomic mass is 32.2. The van der Waals surface area contributed by atoms with Crippen molar-refractivity contribution in [2.75, 3.05) is 5.75 Å². The number of rotatable bonds is 2. The Morgan fingerprint density at radius 1 is 1.36 bits per heavy atom. The van der Waals surface area contributed by atoms with Crippen LogP contribution in [0.5, 0.6) is 5.88 Å². The van der Waals surface area contributed by atoms with Crippen molar-refractivity contribution < 1.29 is 18.3 Å². The van der Waals surface area contributed by atoms with Crippen LogP contribution in [-0.2, 0) is 9.84 Å². The van der Waals surface area contributed by atoms with Crippen LogP contribution in [0.2, 0.25) is 0 Å². The fourth-order valence-electron chi connectivity index (χ4n) is 2.39. The fourth-order valence-corrected chi connectivity index (χ4v) is 3.63. The number of benzene rings is 1. The lowest BCUT2D eigenvalue weighted by Gasteiger charge is -2.11. The first kappa shape index (κ1) is 14.3. The molecule has 0 saturated heterocycles. The van der Waals surface area contributed by atoms with Crippen molar-refractivity contribution in [2.24, 2.45) is 5.18 Å². The monoisotopic (exact) mass is 321 g/mol. The summed E-state index contributed by atoms with van der Waals surface area (Å²) in [6.45, 7) is 0. The zero-order valence-electron chi connectivity index (χ0n) is 11.1. The number of sulfone groups is 1. The van der Waals surface area contributed by atoms with E-state index in [-0.39, 0.29) is 11.4 Å². The van der Waals surface area contributed by atoms with E-state index in [1.807, 2.05) is 0 Å². The van der Waals surface area contributed by atoms with Crippen molar-refractivity contribution in [1.29, 1.82) is 0 Å². The zero-order chi connectivity index (χ0) is 15.9. The molecule has 1 unspecified atom stereocenters. The molecule has 22 heavy (non-hydrogen) atoms. The molecule has 0 aliphatic carbocycles. The maximum absolute atomic E-state index is 12.3. The molecule has 9 heteroatoms. The average Bonchev–Trinajstić information content (AvgIpc) is 2.94. The van der Waals surface area contributed by atoms with Gasteiger partial charge in [0.05, 0.1) is 17.3 Å². The van der Waals surface area contributed by atoms with Gasteiger partial charge < -0.3 is 10.4 Å². The van der Waals surface area contributed by atoms with Gasteiger partial charge in [-0.2, -0.15) is 0 Å². The molecule has 1 amide bonds. The van der Waals surface area contributed by atoms with E-state index >= 15 is 0 Å². The van der Waals surface area contributed by atoms with Crippen molar-refractivity contribution in [3.8, 4) is 5.88 Å². The molecule has 0 bridgehead atoms. The third kappa shape index (κ3) is 2.25. The number of nitrogens with zero attached hydrogens (tertiary/aromatic N) is 2. The molecule has 8 nitrogen and oxygen atoms in total. The van der Waals surface area contributed by atoms with Crippen LogP contribution in [0.1, 0.15) is 0 Å². The van der Waals surface area contributed by atoms with Crippen LogP contribution in [0.25, 0.3) is 10.9 Å². The molecule has 2 N–H and O–H groups in total. The van der Waals surface area contributed by atoms with Gasteiger partial charge in [0.25, 0.3) is 0 Å². The minimum absolute atomic E-state index is 0.236. The first-order valence-electron chi connectivity index (χ1n) is 6.30. The number of carbonyl (C=O) groups excluding carboxylic acids is 1. The number of para-hydroxylation sites is 1. The van der Waals surface area contributed by atoms with Gasteiger partial charge in [0.2, 0.25) is 5.88 Å². The summed E-state index contributed by atoms with van der Waals surface area (Å²) in [5.41, 5.74) is 0.0669. The summed E-state index contributed by atoms with van der Waals surface area (Å²) in [5, 5.41) is 16.6. The molecule has 2 aromatic rings. The summed E-state index contributed by atoms with van der Waals surface area (Å²) in [6.07, 6.45) is 1.36. The summed E-state index contributed by atoms with van der Waals surface area (Å²) < 4.78 is 23.6. The molecule has 0 spiro atoms. The second kappa shape index (κ2) is 4.95. The number of hydrogen-bond donors (Lipinski definition) is 2. The van der Waals surface area contributed by atoms with E-state index in [1.54, 1.807) is 24.3 Å². The Labute approximate surface area is 124 Å². The van der Waals surface area contributed by atoms with Crippen molar-refractivity contribution in [1.82, 2.24) is 9.88 Å². The van der Waals surface area contributed by atoms with Crippen molar-refractivity contribution in [2.45, 2.75) is 6.04 Å². The standard InChI is InChI=1S/C13H11N3O5S/c17-12-11(15-19)9-3-1-2-4-10(9)16(12)13(18)14-8-5-6-22(20,21)7-8/h1-6,8,17H,7H2,(H,14,18). The van der Waals surface area contributed by atoms with Gasteiger partial charge in [-0.3, -0.25) is 0 Å². The second-order valence-electron chi connectivity index (χ2n) is 4.83. The third-order valence-electron chi connectivity index (χ3n) is 3.36. The van der Waals surface area contributed by atoms with Crippen LogP contribution in [0.4, 0.5) is 10.5 Å². The first-order valence-corrected chi connectivity index (χ1v) is 8.02. The Kier molecular flexibility index (Phi) is 3.21. The lowest BCUT2D eigenvalue weighted by molar-refractivity contribution is 0.239. The number of amides is 1. The van der Waals surface area contributed by atoms with Gasteiger partial charge in [0.15, 0.2) is 15.5 Å². The van der Waals surface area contributed by atoms with Crippen LogP contribution < -0.4 is 5.32 Å². The minimum Gasteiger partial charge on any atom is -0.492 e. The molecule has 0 radical (unpaired) electrons. The average molecular weight is 321 g/mol. The predicted molar refractivity (Wildman–Crippen MR) is 79.7 cm³/mol. The molecule has 1 aliphatic heterocycles. The lowest BCUT2D eigenvalue weighted by Crippen LogP contribution is -2.38.